The number of aromatic nitrogens is 2. The van der Waals surface area contributed by atoms with E-state index < -0.39 is 0 Å². The van der Waals surface area contributed by atoms with Gasteiger partial charge < -0.3 is 4.40 Å². The Hall–Kier alpha value is -6.55. The van der Waals surface area contributed by atoms with Gasteiger partial charge in [-0.3, -0.25) is 0 Å². The van der Waals surface area contributed by atoms with Crippen molar-refractivity contribution in [3.63, 3.8) is 0 Å². The number of thiophene rings is 1. The van der Waals surface area contributed by atoms with Gasteiger partial charge in [0.05, 0.1) is 27.8 Å². The highest BCUT2D eigenvalue weighted by atomic mass is 32.1. The van der Waals surface area contributed by atoms with Crippen molar-refractivity contribution in [2.75, 3.05) is 0 Å². The molecule has 240 valence electrons. The Balaban J connectivity index is 1.10. The lowest BCUT2D eigenvalue weighted by atomic mass is 9.93. The Labute approximate surface area is 302 Å². The van der Waals surface area contributed by atoms with Crippen molar-refractivity contribution in [1.29, 1.82) is 0 Å². The van der Waals surface area contributed by atoms with Gasteiger partial charge in [0, 0.05) is 63.4 Å². The second-order valence-electron chi connectivity index (χ2n) is 13.9. The summed E-state index contributed by atoms with van der Waals surface area (Å²) in [6.07, 6.45) is 0. The van der Waals surface area contributed by atoms with Gasteiger partial charge in [-0.2, -0.15) is 0 Å². The molecule has 0 fully saturated rings. The zero-order valence-corrected chi connectivity index (χ0v) is 28.8. The molecule has 0 saturated carbocycles. The quantitative estimate of drug-likeness (QED) is 0.170. The number of pyridine rings is 1. The van der Waals surface area contributed by atoms with E-state index in [-0.39, 0.29) is 0 Å². The van der Waals surface area contributed by atoms with Crippen LogP contribution < -0.4 is 0 Å². The Morgan fingerprint density at radius 1 is 0.365 bits per heavy atom. The van der Waals surface area contributed by atoms with Crippen molar-refractivity contribution < 1.29 is 0 Å². The average Bonchev–Trinajstić information content (AvgIpc) is 3.87. The Kier molecular flexibility index (Phi) is 5.68. The van der Waals surface area contributed by atoms with Crippen LogP contribution in [-0.4, -0.2) is 9.38 Å². The van der Waals surface area contributed by atoms with Gasteiger partial charge in [-0.15, -0.1) is 11.3 Å². The van der Waals surface area contributed by atoms with Gasteiger partial charge in [0.15, 0.2) is 0 Å². The molecule has 0 atom stereocenters. The summed E-state index contributed by atoms with van der Waals surface area (Å²) in [5.41, 5.74) is 11.8. The monoisotopic (exact) mass is 676 g/mol. The van der Waals surface area contributed by atoms with Crippen LogP contribution in [0.3, 0.4) is 0 Å². The number of hydrogen-bond acceptors (Lipinski definition) is 2. The van der Waals surface area contributed by atoms with Crippen LogP contribution in [0.15, 0.2) is 170 Å². The van der Waals surface area contributed by atoms with Gasteiger partial charge in [-0.05, 0) is 76.9 Å². The van der Waals surface area contributed by atoms with E-state index in [9.17, 15) is 0 Å². The lowest BCUT2D eigenvalue weighted by Gasteiger charge is -2.13. The molecular weight excluding hydrogens is 649 g/mol. The summed E-state index contributed by atoms with van der Waals surface area (Å²) in [7, 11) is 0. The summed E-state index contributed by atoms with van der Waals surface area (Å²) in [5.74, 6) is 0. The predicted molar refractivity (Wildman–Crippen MR) is 223 cm³/mol. The lowest BCUT2D eigenvalue weighted by Crippen LogP contribution is -1.91. The maximum Gasteiger partial charge on any atom is 0.0788 e. The third kappa shape index (κ3) is 3.86. The maximum absolute atomic E-state index is 5.34. The van der Waals surface area contributed by atoms with E-state index in [0.717, 1.165) is 16.8 Å². The van der Waals surface area contributed by atoms with Gasteiger partial charge in [-0.1, -0.05) is 115 Å². The molecule has 0 spiro atoms. The molecule has 8 aromatic carbocycles. The van der Waals surface area contributed by atoms with Crippen molar-refractivity contribution in [1.82, 2.24) is 9.38 Å². The third-order valence-electron chi connectivity index (χ3n) is 11.1. The standard InChI is InChI=1S/C49H28N2S/c1-2-11-29(12-3-1)48-37-22-24-45-47(36-17-6-9-20-44(36)52-45)46(37)40-26-32(21-23-41(40)50-48)30-13-10-14-31(25-30)33-27-38-34-15-4-7-18-42(34)51-43-19-8-5-16-35(43)39(28-33)49(38)51/h1-28H. The highest BCUT2D eigenvalue weighted by Gasteiger charge is 2.20. The third-order valence-corrected chi connectivity index (χ3v) is 12.2. The van der Waals surface area contributed by atoms with Crippen LogP contribution in [0, 0.1) is 0 Å². The Bertz CT molecular complexity index is 3320. The molecule has 3 heteroatoms. The van der Waals surface area contributed by atoms with Gasteiger partial charge in [0.2, 0.25) is 0 Å². The van der Waals surface area contributed by atoms with Crippen LogP contribution >= 0.6 is 11.3 Å². The van der Waals surface area contributed by atoms with Crippen LogP contribution in [0.4, 0.5) is 0 Å². The minimum atomic E-state index is 1.01. The SMILES string of the molecule is c1ccc(-c2nc3ccc(-c4cccc(-c5cc6c7ccccc7n7c8ccccc8c(c5)c67)c4)cc3c3c2ccc2sc4ccccc4c23)cc1. The summed E-state index contributed by atoms with van der Waals surface area (Å²) >= 11 is 1.87. The smallest absolute Gasteiger partial charge is 0.0788 e. The topological polar surface area (TPSA) is 17.3 Å². The van der Waals surface area contributed by atoms with E-state index in [1.807, 2.05) is 11.3 Å². The van der Waals surface area contributed by atoms with Crippen LogP contribution in [0.1, 0.15) is 0 Å². The molecule has 0 N–H and O–H groups in total. The number of hydrogen-bond donors (Lipinski definition) is 0. The van der Waals surface area contributed by atoms with E-state index in [2.05, 4.69) is 174 Å². The number of nitrogens with zero attached hydrogens (tertiary/aromatic N) is 2. The maximum atomic E-state index is 5.34. The molecule has 12 rings (SSSR count). The van der Waals surface area contributed by atoms with Crippen molar-refractivity contribution in [3.8, 4) is 33.5 Å². The molecule has 0 radical (unpaired) electrons. The van der Waals surface area contributed by atoms with E-state index in [0.29, 0.717) is 0 Å². The van der Waals surface area contributed by atoms with Gasteiger partial charge in [0.25, 0.3) is 0 Å². The lowest BCUT2D eigenvalue weighted by molar-refractivity contribution is 1.37. The fourth-order valence-corrected chi connectivity index (χ4v) is 9.91. The normalized spacial score (nSPS) is 12.2. The highest BCUT2D eigenvalue weighted by molar-refractivity contribution is 7.26. The molecule has 0 amide bonds. The minimum Gasteiger partial charge on any atom is -0.308 e. The molecule has 0 saturated heterocycles. The minimum absolute atomic E-state index is 1.01. The van der Waals surface area contributed by atoms with Gasteiger partial charge >= 0.3 is 0 Å². The van der Waals surface area contributed by atoms with E-state index in [1.54, 1.807) is 0 Å². The first-order valence-corrected chi connectivity index (χ1v) is 18.6. The van der Waals surface area contributed by atoms with Gasteiger partial charge in [0.1, 0.15) is 0 Å². The molecule has 0 aliphatic carbocycles. The van der Waals surface area contributed by atoms with Crippen molar-refractivity contribution in [2.45, 2.75) is 0 Å². The molecule has 12 aromatic rings. The molecule has 0 unspecified atom stereocenters. The van der Waals surface area contributed by atoms with Crippen molar-refractivity contribution in [3.05, 3.63) is 170 Å². The largest absolute Gasteiger partial charge is 0.308 e. The molecule has 52 heavy (non-hydrogen) atoms. The first-order valence-electron chi connectivity index (χ1n) is 17.8. The molecule has 0 bridgehead atoms. The van der Waals surface area contributed by atoms with E-state index in [4.69, 9.17) is 4.98 Å². The number of rotatable bonds is 3. The molecule has 4 heterocycles. The first-order chi connectivity index (χ1) is 25.8. The van der Waals surface area contributed by atoms with E-state index in [1.165, 1.54) is 96.7 Å². The van der Waals surface area contributed by atoms with Crippen LogP contribution in [0.5, 0.6) is 0 Å². The highest BCUT2D eigenvalue weighted by Crippen LogP contribution is 2.45. The molecular formula is C49H28N2S. The zero-order chi connectivity index (χ0) is 33.9. The Morgan fingerprint density at radius 3 is 1.75 bits per heavy atom. The first kappa shape index (κ1) is 28.2. The molecule has 0 aliphatic heterocycles. The second-order valence-corrected chi connectivity index (χ2v) is 15.0. The number of benzene rings is 8. The average molecular weight is 677 g/mol. The van der Waals surface area contributed by atoms with Gasteiger partial charge in [-0.25, -0.2) is 4.98 Å². The summed E-state index contributed by atoms with van der Waals surface area (Å²) in [6.45, 7) is 0. The van der Waals surface area contributed by atoms with Crippen molar-refractivity contribution in [2.24, 2.45) is 0 Å². The molecule has 2 nitrogen and oxygen atoms in total. The summed E-state index contributed by atoms with van der Waals surface area (Å²) < 4.78 is 5.06. The molecule has 4 aromatic heterocycles. The summed E-state index contributed by atoms with van der Waals surface area (Å²) in [4.78, 5) is 5.34. The summed E-state index contributed by atoms with van der Waals surface area (Å²) in [6, 6.07) is 62.3. The van der Waals surface area contributed by atoms with Crippen molar-refractivity contribution >= 4 is 91.3 Å². The second kappa shape index (κ2) is 10.5. The number of fused-ring (bicyclic) bond motifs is 13. The van der Waals surface area contributed by atoms with Crippen LogP contribution in [0.2, 0.25) is 0 Å². The van der Waals surface area contributed by atoms with Crippen LogP contribution in [-0.2, 0) is 0 Å². The zero-order valence-electron chi connectivity index (χ0n) is 28.0. The fraction of sp³-hybridized carbons (Fsp3) is 0. The van der Waals surface area contributed by atoms with E-state index >= 15 is 0 Å². The Morgan fingerprint density at radius 2 is 0.981 bits per heavy atom. The number of para-hydroxylation sites is 2. The molecule has 0 aliphatic rings. The fourth-order valence-electron chi connectivity index (χ4n) is 8.80. The van der Waals surface area contributed by atoms with Crippen LogP contribution in [0.25, 0.3) is 113 Å². The summed E-state index contributed by atoms with van der Waals surface area (Å²) in [5, 5.41) is 11.5. The predicted octanol–water partition coefficient (Wildman–Crippen LogP) is 13.9.